The summed E-state index contributed by atoms with van der Waals surface area (Å²) in [6, 6.07) is 3.01. The van der Waals surface area contributed by atoms with E-state index in [2.05, 4.69) is 9.80 Å². The van der Waals surface area contributed by atoms with E-state index in [9.17, 15) is 8.78 Å². The van der Waals surface area contributed by atoms with E-state index in [1.807, 2.05) is 0 Å². The maximum absolute atomic E-state index is 13.7. The van der Waals surface area contributed by atoms with E-state index in [1.165, 1.54) is 25.5 Å². The Morgan fingerprint density at radius 1 is 1.10 bits per heavy atom. The second kappa shape index (κ2) is 6.38. The van der Waals surface area contributed by atoms with Crippen LogP contribution in [0.4, 0.5) is 8.78 Å². The number of hydrogen-bond donors (Lipinski definition) is 1. The van der Waals surface area contributed by atoms with E-state index in [-0.39, 0.29) is 5.56 Å². The first-order valence-corrected chi connectivity index (χ1v) is 7.77. The van der Waals surface area contributed by atoms with Crippen molar-refractivity contribution in [1.29, 1.82) is 0 Å². The highest BCUT2D eigenvalue weighted by Gasteiger charge is 2.27. The van der Waals surface area contributed by atoms with Crippen molar-refractivity contribution in [2.45, 2.75) is 18.9 Å². The number of halogens is 2. The molecular weight excluding hydrogens is 272 g/mol. The van der Waals surface area contributed by atoms with Gasteiger partial charge in [0, 0.05) is 50.9 Å². The van der Waals surface area contributed by atoms with Crippen molar-refractivity contribution in [2.24, 2.45) is 11.7 Å². The van der Waals surface area contributed by atoms with Crippen molar-refractivity contribution in [1.82, 2.24) is 9.80 Å². The van der Waals surface area contributed by atoms with Crippen LogP contribution in [0.1, 0.15) is 24.4 Å². The highest BCUT2D eigenvalue weighted by molar-refractivity contribution is 5.22. The molecule has 0 amide bonds. The molecule has 21 heavy (non-hydrogen) atoms. The molecule has 2 fully saturated rings. The molecule has 2 aliphatic rings. The third-order valence-corrected chi connectivity index (χ3v) is 4.49. The molecule has 2 N–H and O–H groups in total. The molecule has 5 heteroatoms. The number of piperazine rings is 1. The zero-order chi connectivity index (χ0) is 14.8. The molecule has 0 spiro atoms. The van der Waals surface area contributed by atoms with Crippen LogP contribution in [-0.2, 0) is 0 Å². The van der Waals surface area contributed by atoms with Crippen LogP contribution < -0.4 is 5.73 Å². The number of hydrogen-bond acceptors (Lipinski definition) is 3. The van der Waals surface area contributed by atoms with Crippen LogP contribution in [0.25, 0.3) is 0 Å². The number of nitrogens with zero attached hydrogens (tertiary/aromatic N) is 2. The summed E-state index contributed by atoms with van der Waals surface area (Å²) in [7, 11) is 0. The summed E-state index contributed by atoms with van der Waals surface area (Å²) in [5.74, 6) is 0.0626. The fraction of sp³-hybridized carbons (Fsp3) is 0.625. The van der Waals surface area contributed by atoms with Gasteiger partial charge in [-0.15, -0.1) is 0 Å². The van der Waals surface area contributed by atoms with Crippen molar-refractivity contribution in [3.63, 3.8) is 0 Å². The van der Waals surface area contributed by atoms with Crippen molar-refractivity contribution in [3.05, 3.63) is 35.4 Å². The van der Waals surface area contributed by atoms with Gasteiger partial charge in [0.15, 0.2) is 0 Å². The zero-order valence-electron chi connectivity index (χ0n) is 12.3. The molecule has 1 saturated heterocycles. The first-order valence-electron chi connectivity index (χ1n) is 7.77. The summed E-state index contributed by atoms with van der Waals surface area (Å²) in [6.45, 7) is 5.81. The molecule has 1 aromatic carbocycles. The summed E-state index contributed by atoms with van der Waals surface area (Å²) in [5.41, 5.74) is 6.33. The SMILES string of the molecule is NC(CN1CCN(CC2CC2)CC1)c1cc(F)ccc1F. The minimum Gasteiger partial charge on any atom is -0.323 e. The summed E-state index contributed by atoms with van der Waals surface area (Å²) in [5, 5.41) is 0. The van der Waals surface area contributed by atoms with Crippen LogP contribution in [0.2, 0.25) is 0 Å². The highest BCUT2D eigenvalue weighted by Crippen LogP contribution is 2.30. The van der Waals surface area contributed by atoms with Gasteiger partial charge in [-0.1, -0.05) is 0 Å². The van der Waals surface area contributed by atoms with Crippen LogP contribution in [0.5, 0.6) is 0 Å². The maximum Gasteiger partial charge on any atom is 0.128 e. The average molecular weight is 295 g/mol. The standard InChI is InChI=1S/C16H23F2N3/c17-13-3-4-15(18)14(9-13)16(19)11-21-7-5-20(6-8-21)10-12-1-2-12/h3-4,9,12,16H,1-2,5-8,10-11,19H2. The Kier molecular flexibility index (Phi) is 4.52. The number of nitrogens with two attached hydrogens (primary N) is 1. The first kappa shape index (κ1) is 14.9. The lowest BCUT2D eigenvalue weighted by Gasteiger charge is -2.36. The number of rotatable bonds is 5. The van der Waals surface area contributed by atoms with E-state index in [0.717, 1.165) is 44.2 Å². The van der Waals surface area contributed by atoms with Gasteiger partial charge in [0.25, 0.3) is 0 Å². The average Bonchev–Trinajstić information content (AvgIpc) is 3.27. The van der Waals surface area contributed by atoms with Gasteiger partial charge >= 0.3 is 0 Å². The third kappa shape index (κ3) is 3.99. The van der Waals surface area contributed by atoms with Crippen molar-refractivity contribution in [3.8, 4) is 0 Å². The minimum atomic E-state index is -0.476. The second-order valence-electron chi connectivity index (χ2n) is 6.32. The lowest BCUT2D eigenvalue weighted by Crippen LogP contribution is -2.48. The minimum absolute atomic E-state index is 0.274. The fourth-order valence-electron chi connectivity index (χ4n) is 3.00. The summed E-state index contributed by atoms with van der Waals surface area (Å²) in [4.78, 5) is 4.75. The van der Waals surface area contributed by atoms with Crippen molar-refractivity contribution in [2.75, 3.05) is 39.3 Å². The number of benzene rings is 1. The van der Waals surface area contributed by atoms with Crippen LogP contribution in [0.3, 0.4) is 0 Å². The Bertz CT molecular complexity index is 482. The summed E-state index contributed by atoms with van der Waals surface area (Å²) < 4.78 is 26.9. The molecule has 1 atom stereocenters. The zero-order valence-corrected chi connectivity index (χ0v) is 12.3. The molecule has 1 saturated carbocycles. The molecule has 1 aromatic rings. The molecule has 1 heterocycles. The normalized spacial score (nSPS) is 22.4. The molecule has 3 nitrogen and oxygen atoms in total. The van der Waals surface area contributed by atoms with Crippen LogP contribution in [0.15, 0.2) is 18.2 Å². The second-order valence-corrected chi connectivity index (χ2v) is 6.32. The first-order chi connectivity index (χ1) is 10.1. The van der Waals surface area contributed by atoms with Gasteiger partial charge in [-0.25, -0.2) is 8.78 Å². The molecule has 0 bridgehead atoms. The van der Waals surface area contributed by atoms with Crippen LogP contribution >= 0.6 is 0 Å². The Morgan fingerprint density at radius 2 is 1.76 bits per heavy atom. The van der Waals surface area contributed by atoms with Crippen molar-refractivity contribution >= 4 is 0 Å². The van der Waals surface area contributed by atoms with Crippen molar-refractivity contribution < 1.29 is 8.78 Å². The van der Waals surface area contributed by atoms with E-state index in [4.69, 9.17) is 5.73 Å². The lowest BCUT2D eigenvalue weighted by atomic mass is 10.1. The molecule has 116 valence electrons. The van der Waals surface area contributed by atoms with Gasteiger partial charge in [-0.05, 0) is 37.0 Å². The molecule has 1 aliphatic heterocycles. The third-order valence-electron chi connectivity index (χ3n) is 4.49. The van der Waals surface area contributed by atoms with E-state index in [0.29, 0.717) is 6.54 Å². The van der Waals surface area contributed by atoms with Gasteiger partial charge in [0.1, 0.15) is 11.6 Å². The maximum atomic E-state index is 13.7. The van der Waals surface area contributed by atoms with Gasteiger partial charge in [0.05, 0.1) is 0 Å². The van der Waals surface area contributed by atoms with Crippen LogP contribution in [-0.4, -0.2) is 49.1 Å². The smallest absolute Gasteiger partial charge is 0.128 e. The molecular formula is C16H23F2N3. The van der Waals surface area contributed by atoms with Gasteiger partial charge in [-0.2, -0.15) is 0 Å². The predicted molar refractivity (Wildman–Crippen MR) is 78.9 cm³/mol. The summed E-state index contributed by atoms with van der Waals surface area (Å²) in [6.07, 6.45) is 2.76. The Labute approximate surface area is 124 Å². The van der Waals surface area contributed by atoms with E-state index < -0.39 is 17.7 Å². The topological polar surface area (TPSA) is 32.5 Å². The Balaban J connectivity index is 1.51. The molecule has 1 unspecified atom stereocenters. The molecule has 0 aromatic heterocycles. The van der Waals surface area contributed by atoms with E-state index >= 15 is 0 Å². The van der Waals surface area contributed by atoms with Gasteiger partial charge in [0.2, 0.25) is 0 Å². The fourth-order valence-corrected chi connectivity index (χ4v) is 3.00. The Morgan fingerprint density at radius 3 is 2.43 bits per heavy atom. The summed E-state index contributed by atoms with van der Waals surface area (Å²) >= 11 is 0. The quantitative estimate of drug-likeness (QED) is 0.902. The predicted octanol–water partition coefficient (Wildman–Crippen LogP) is 1.99. The van der Waals surface area contributed by atoms with Gasteiger partial charge < -0.3 is 10.6 Å². The molecule has 1 aliphatic carbocycles. The Hall–Kier alpha value is -1.04. The molecule has 3 rings (SSSR count). The van der Waals surface area contributed by atoms with Crippen LogP contribution in [0, 0.1) is 17.6 Å². The van der Waals surface area contributed by atoms with E-state index in [1.54, 1.807) is 0 Å². The monoisotopic (exact) mass is 295 g/mol. The highest BCUT2D eigenvalue weighted by atomic mass is 19.1. The van der Waals surface area contributed by atoms with Gasteiger partial charge in [-0.3, -0.25) is 4.90 Å². The lowest BCUT2D eigenvalue weighted by molar-refractivity contribution is 0.123. The molecule has 0 radical (unpaired) electrons. The largest absolute Gasteiger partial charge is 0.323 e.